The summed E-state index contributed by atoms with van der Waals surface area (Å²) in [6.07, 6.45) is 4.83. The number of methoxy groups -OCH3 is 1. The molecule has 1 N–H and O–H groups in total. The quantitative estimate of drug-likeness (QED) is 0.856. The van der Waals surface area contributed by atoms with E-state index in [-0.39, 0.29) is 5.69 Å². The summed E-state index contributed by atoms with van der Waals surface area (Å²) in [5, 5.41) is 11.5. The fourth-order valence-electron chi connectivity index (χ4n) is 3.78. The first kappa shape index (κ1) is 16.1. The molecule has 0 aliphatic carbocycles. The van der Waals surface area contributed by atoms with Gasteiger partial charge in [-0.25, -0.2) is 9.48 Å². The topological polar surface area (TPSA) is 72.3 Å². The molecule has 0 atom stereocenters. The number of esters is 1. The molecule has 132 valence electrons. The number of nitrogens with one attached hydrogen (secondary N) is 1. The van der Waals surface area contributed by atoms with Gasteiger partial charge in [0.1, 0.15) is 0 Å². The Labute approximate surface area is 147 Å². The average molecular weight is 341 g/mol. The van der Waals surface area contributed by atoms with Crippen molar-refractivity contribution in [1.29, 1.82) is 0 Å². The molecule has 1 saturated heterocycles. The molecular formula is C18H23N5O2. The van der Waals surface area contributed by atoms with E-state index >= 15 is 0 Å². The minimum absolute atomic E-state index is 0.274. The number of carbonyl (C=O) groups excluding carboxylic acids is 1. The van der Waals surface area contributed by atoms with Gasteiger partial charge in [0.15, 0.2) is 5.69 Å². The molecule has 0 spiro atoms. The van der Waals surface area contributed by atoms with E-state index in [9.17, 15) is 4.79 Å². The van der Waals surface area contributed by atoms with Crippen LogP contribution in [0.1, 0.15) is 40.5 Å². The van der Waals surface area contributed by atoms with Crippen LogP contribution in [0.2, 0.25) is 0 Å². The van der Waals surface area contributed by atoms with Gasteiger partial charge in [0.2, 0.25) is 0 Å². The Bertz CT molecular complexity index is 765. The van der Waals surface area contributed by atoms with Gasteiger partial charge in [-0.05, 0) is 30.4 Å². The van der Waals surface area contributed by atoms with Crippen molar-refractivity contribution in [3.63, 3.8) is 0 Å². The highest BCUT2D eigenvalue weighted by Gasteiger charge is 2.24. The standard InChI is InChI=1S/C18H23N5O2/c1-25-18(24)16-12-23(21-20-16)15-6-9-22(10-7-15)11-14-4-2-3-13-5-8-19-17(13)14/h2-4,12,15,19H,5-11H2,1H3. The predicted molar refractivity (Wildman–Crippen MR) is 93.5 cm³/mol. The van der Waals surface area contributed by atoms with Crippen molar-refractivity contribution < 1.29 is 9.53 Å². The highest BCUT2D eigenvalue weighted by atomic mass is 16.5. The third-order valence-corrected chi connectivity index (χ3v) is 5.16. The van der Waals surface area contributed by atoms with E-state index in [2.05, 4.69) is 43.5 Å². The molecule has 7 nitrogen and oxygen atoms in total. The summed E-state index contributed by atoms with van der Waals surface area (Å²) in [4.78, 5) is 14.0. The molecule has 25 heavy (non-hydrogen) atoms. The van der Waals surface area contributed by atoms with Gasteiger partial charge in [0.05, 0.1) is 19.3 Å². The molecular weight excluding hydrogens is 318 g/mol. The lowest BCUT2D eigenvalue weighted by atomic mass is 10.0. The van der Waals surface area contributed by atoms with Crippen molar-refractivity contribution in [2.75, 3.05) is 32.1 Å². The van der Waals surface area contributed by atoms with Crippen LogP contribution in [0.3, 0.4) is 0 Å². The van der Waals surface area contributed by atoms with Gasteiger partial charge in [-0.15, -0.1) is 5.10 Å². The maximum atomic E-state index is 11.5. The van der Waals surface area contributed by atoms with Crippen molar-refractivity contribution in [3.05, 3.63) is 41.2 Å². The minimum atomic E-state index is -0.436. The SMILES string of the molecule is COC(=O)c1cn(C2CCN(Cc3cccc4c3NCC4)CC2)nn1. The van der Waals surface area contributed by atoms with Crippen molar-refractivity contribution >= 4 is 11.7 Å². The van der Waals surface area contributed by atoms with Crippen LogP contribution in [0.15, 0.2) is 24.4 Å². The highest BCUT2D eigenvalue weighted by molar-refractivity contribution is 5.86. The van der Waals surface area contributed by atoms with Gasteiger partial charge in [0, 0.05) is 31.9 Å². The van der Waals surface area contributed by atoms with E-state index in [0.29, 0.717) is 6.04 Å². The van der Waals surface area contributed by atoms with Crippen LogP contribution in [-0.4, -0.2) is 52.6 Å². The van der Waals surface area contributed by atoms with E-state index in [1.54, 1.807) is 6.20 Å². The second-order valence-electron chi connectivity index (χ2n) is 6.71. The van der Waals surface area contributed by atoms with Crippen molar-refractivity contribution in [1.82, 2.24) is 19.9 Å². The smallest absolute Gasteiger partial charge is 0.360 e. The molecule has 1 aromatic carbocycles. The number of benzene rings is 1. The number of likely N-dealkylation sites (tertiary alicyclic amines) is 1. The molecule has 1 aromatic heterocycles. The number of para-hydroxylation sites is 1. The normalized spacial score (nSPS) is 18.0. The summed E-state index contributed by atoms with van der Waals surface area (Å²) in [5.74, 6) is -0.436. The van der Waals surface area contributed by atoms with Crippen LogP contribution in [0, 0.1) is 0 Å². The number of hydrogen-bond acceptors (Lipinski definition) is 6. The second-order valence-corrected chi connectivity index (χ2v) is 6.71. The zero-order valence-electron chi connectivity index (χ0n) is 14.4. The van der Waals surface area contributed by atoms with Crippen LogP contribution < -0.4 is 5.32 Å². The molecule has 1 fully saturated rings. The number of piperidine rings is 1. The molecule has 4 rings (SSSR count). The maximum absolute atomic E-state index is 11.5. The molecule has 7 heteroatoms. The van der Waals surface area contributed by atoms with Crippen LogP contribution in [0.4, 0.5) is 5.69 Å². The lowest BCUT2D eigenvalue weighted by Gasteiger charge is -2.32. The van der Waals surface area contributed by atoms with Gasteiger partial charge < -0.3 is 10.1 Å². The largest absolute Gasteiger partial charge is 0.464 e. The lowest BCUT2D eigenvalue weighted by Crippen LogP contribution is -2.34. The van der Waals surface area contributed by atoms with Crippen molar-refractivity contribution in [3.8, 4) is 0 Å². The third kappa shape index (κ3) is 3.24. The first-order chi connectivity index (χ1) is 12.2. The summed E-state index contributed by atoms with van der Waals surface area (Å²) in [7, 11) is 1.36. The number of aromatic nitrogens is 3. The van der Waals surface area contributed by atoms with E-state index in [4.69, 9.17) is 0 Å². The molecule has 0 saturated carbocycles. The van der Waals surface area contributed by atoms with Gasteiger partial charge in [-0.3, -0.25) is 4.90 Å². The first-order valence-corrected chi connectivity index (χ1v) is 8.82. The van der Waals surface area contributed by atoms with Crippen LogP contribution in [-0.2, 0) is 17.7 Å². The van der Waals surface area contributed by atoms with E-state index in [1.165, 1.54) is 23.9 Å². The number of fused-ring (bicyclic) bond motifs is 1. The Morgan fingerprint density at radius 3 is 3.00 bits per heavy atom. The zero-order chi connectivity index (χ0) is 17.2. The van der Waals surface area contributed by atoms with Gasteiger partial charge >= 0.3 is 5.97 Å². The first-order valence-electron chi connectivity index (χ1n) is 8.82. The molecule has 2 aliphatic heterocycles. The van der Waals surface area contributed by atoms with E-state index in [1.807, 2.05) is 4.68 Å². The van der Waals surface area contributed by atoms with Gasteiger partial charge in [0.25, 0.3) is 0 Å². The Morgan fingerprint density at radius 2 is 2.20 bits per heavy atom. The van der Waals surface area contributed by atoms with Crippen LogP contribution in [0.5, 0.6) is 0 Å². The van der Waals surface area contributed by atoms with E-state index < -0.39 is 5.97 Å². The Morgan fingerprint density at radius 1 is 1.36 bits per heavy atom. The number of nitrogens with zero attached hydrogens (tertiary/aromatic N) is 4. The molecule has 0 amide bonds. The van der Waals surface area contributed by atoms with Gasteiger partial charge in [-0.1, -0.05) is 23.4 Å². The van der Waals surface area contributed by atoms with Crippen molar-refractivity contribution in [2.24, 2.45) is 0 Å². The Kier molecular flexibility index (Phi) is 4.40. The molecule has 2 aliphatic rings. The summed E-state index contributed by atoms with van der Waals surface area (Å²) in [6, 6.07) is 6.90. The fraction of sp³-hybridized carbons (Fsp3) is 0.500. The van der Waals surface area contributed by atoms with Crippen LogP contribution >= 0.6 is 0 Å². The number of anilines is 1. The summed E-state index contributed by atoms with van der Waals surface area (Å²) in [6.45, 7) is 4.06. The van der Waals surface area contributed by atoms with E-state index in [0.717, 1.165) is 45.4 Å². The zero-order valence-corrected chi connectivity index (χ0v) is 14.4. The molecule has 2 aromatic rings. The third-order valence-electron chi connectivity index (χ3n) is 5.16. The maximum Gasteiger partial charge on any atom is 0.360 e. The van der Waals surface area contributed by atoms with Crippen LogP contribution in [0.25, 0.3) is 0 Å². The summed E-state index contributed by atoms with van der Waals surface area (Å²) < 4.78 is 6.50. The molecule has 0 bridgehead atoms. The average Bonchev–Trinajstić information content (AvgIpc) is 3.32. The van der Waals surface area contributed by atoms with Gasteiger partial charge in [-0.2, -0.15) is 0 Å². The summed E-state index contributed by atoms with van der Waals surface area (Å²) >= 11 is 0. The fourth-order valence-corrected chi connectivity index (χ4v) is 3.78. The Hall–Kier alpha value is -2.41. The molecule has 0 unspecified atom stereocenters. The number of rotatable bonds is 4. The predicted octanol–water partition coefficient (Wildman–Crippen LogP) is 1.87. The Balaban J connectivity index is 1.37. The molecule has 3 heterocycles. The number of hydrogen-bond donors (Lipinski definition) is 1. The highest BCUT2D eigenvalue weighted by Crippen LogP contribution is 2.29. The number of carbonyl (C=O) groups is 1. The minimum Gasteiger partial charge on any atom is -0.464 e. The second kappa shape index (κ2) is 6.84. The summed E-state index contributed by atoms with van der Waals surface area (Å²) in [5.41, 5.74) is 4.44. The lowest BCUT2D eigenvalue weighted by molar-refractivity contribution is 0.0594. The monoisotopic (exact) mass is 341 g/mol. The number of ether oxygens (including phenoxy) is 1. The molecule has 0 radical (unpaired) electrons. The van der Waals surface area contributed by atoms with Crippen molar-refractivity contribution in [2.45, 2.75) is 31.8 Å².